The molecule has 156 valence electrons. The van der Waals surface area contributed by atoms with E-state index in [9.17, 15) is 16.8 Å². The number of hydrogen-bond donors (Lipinski definition) is 0. The quantitative estimate of drug-likeness (QED) is 0.493. The number of rotatable bonds is 9. The standard InChI is InChI=1S/C24H24O4S2/c1-2-20-13-15-21(16-14-20)17-22(18-29(25,26)23-9-5-3-6-10-23)19-30(27,28)24-11-7-4-8-12-24/h2-16,22H,1,17-19H2. The van der Waals surface area contributed by atoms with Crippen molar-refractivity contribution in [3.8, 4) is 0 Å². The normalized spacial score (nSPS) is 12.0. The molecule has 0 saturated heterocycles. The average Bonchev–Trinajstić information content (AvgIpc) is 2.75. The first-order valence-electron chi connectivity index (χ1n) is 9.57. The van der Waals surface area contributed by atoms with E-state index in [-0.39, 0.29) is 21.3 Å². The van der Waals surface area contributed by atoms with Crippen LogP contribution in [0.2, 0.25) is 0 Å². The van der Waals surface area contributed by atoms with E-state index >= 15 is 0 Å². The van der Waals surface area contributed by atoms with Crippen molar-refractivity contribution >= 4 is 25.8 Å². The maximum absolute atomic E-state index is 12.9. The van der Waals surface area contributed by atoms with E-state index in [1.807, 2.05) is 24.3 Å². The van der Waals surface area contributed by atoms with Crippen LogP contribution in [-0.4, -0.2) is 28.3 Å². The van der Waals surface area contributed by atoms with Crippen molar-refractivity contribution in [2.75, 3.05) is 11.5 Å². The second-order valence-corrected chi connectivity index (χ2v) is 11.3. The summed E-state index contributed by atoms with van der Waals surface area (Å²) in [7, 11) is -7.26. The van der Waals surface area contributed by atoms with Crippen LogP contribution in [0.15, 0.2) is 101 Å². The van der Waals surface area contributed by atoms with E-state index in [2.05, 4.69) is 6.58 Å². The lowest BCUT2D eigenvalue weighted by atomic mass is 10.0. The predicted octanol–water partition coefficient (Wildman–Crippen LogP) is 4.44. The van der Waals surface area contributed by atoms with Gasteiger partial charge in [-0.2, -0.15) is 0 Å². The molecule has 0 heterocycles. The smallest absolute Gasteiger partial charge is 0.178 e. The van der Waals surface area contributed by atoms with Crippen LogP contribution in [0.4, 0.5) is 0 Å². The summed E-state index contributed by atoms with van der Waals surface area (Å²) in [5.41, 5.74) is 1.83. The average molecular weight is 441 g/mol. The van der Waals surface area contributed by atoms with E-state index in [1.165, 1.54) is 24.3 Å². The van der Waals surface area contributed by atoms with Crippen molar-refractivity contribution in [3.63, 3.8) is 0 Å². The molecule has 0 aromatic heterocycles. The third kappa shape index (κ3) is 5.68. The largest absolute Gasteiger partial charge is 0.224 e. The Kier molecular flexibility index (Phi) is 6.90. The Morgan fingerprint density at radius 2 is 1.10 bits per heavy atom. The van der Waals surface area contributed by atoms with Crippen LogP contribution in [0.5, 0.6) is 0 Å². The highest BCUT2D eigenvalue weighted by Crippen LogP contribution is 2.22. The highest BCUT2D eigenvalue weighted by atomic mass is 32.2. The highest BCUT2D eigenvalue weighted by Gasteiger charge is 2.27. The zero-order valence-corrected chi connectivity index (χ0v) is 18.1. The molecule has 0 spiro atoms. The van der Waals surface area contributed by atoms with Gasteiger partial charge in [0.1, 0.15) is 0 Å². The van der Waals surface area contributed by atoms with Crippen molar-refractivity contribution in [2.45, 2.75) is 16.2 Å². The summed E-state index contributed by atoms with van der Waals surface area (Å²) in [5, 5.41) is 0. The molecule has 0 bridgehead atoms. The SMILES string of the molecule is C=Cc1ccc(CC(CS(=O)(=O)c2ccccc2)CS(=O)(=O)c2ccccc2)cc1. The third-order valence-electron chi connectivity index (χ3n) is 4.85. The molecule has 0 unspecified atom stereocenters. The van der Waals surface area contributed by atoms with E-state index in [0.29, 0.717) is 6.42 Å². The molecular weight excluding hydrogens is 416 g/mol. The van der Waals surface area contributed by atoms with Crippen molar-refractivity contribution in [2.24, 2.45) is 5.92 Å². The molecule has 30 heavy (non-hydrogen) atoms. The Hall–Kier alpha value is -2.70. The van der Waals surface area contributed by atoms with Crippen molar-refractivity contribution in [3.05, 3.63) is 103 Å². The van der Waals surface area contributed by atoms with Crippen LogP contribution in [0, 0.1) is 5.92 Å². The molecule has 0 aliphatic rings. The molecular formula is C24H24O4S2. The lowest BCUT2D eigenvalue weighted by Gasteiger charge is -2.18. The molecule has 3 rings (SSSR count). The molecule has 0 saturated carbocycles. The van der Waals surface area contributed by atoms with Gasteiger partial charge in [0, 0.05) is 0 Å². The van der Waals surface area contributed by atoms with Gasteiger partial charge in [-0.25, -0.2) is 16.8 Å². The Balaban J connectivity index is 1.90. The van der Waals surface area contributed by atoms with Gasteiger partial charge in [0.25, 0.3) is 0 Å². The summed E-state index contributed by atoms with van der Waals surface area (Å²) in [6.07, 6.45) is 2.07. The molecule has 0 aliphatic heterocycles. The van der Waals surface area contributed by atoms with Gasteiger partial charge in [0.15, 0.2) is 19.7 Å². The van der Waals surface area contributed by atoms with Crippen molar-refractivity contribution < 1.29 is 16.8 Å². The molecule has 3 aromatic carbocycles. The molecule has 4 nitrogen and oxygen atoms in total. The van der Waals surface area contributed by atoms with Crippen LogP contribution < -0.4 is 0 Å². The number of sulfone groups is 2. The van der Waals surface area contributed by atoms with E-state index in [1.54, 1.807) is 42.5 Å². The lowest BCUT2D eigenvalue weighted by Crippen LogP contribution is -2.26. The van der Waals surface area contributed by atoms with Gasteiger partial charge in [-0.1, -0.05) is 73.3 Å². The van der Waals surface area contributed by atoms with E-state index < -0.39 is 25.6 Å². The van der Waals surface area contributed by atoms with Crippen LogP contribution in [0.3, 0.4) is 0 Å². The maximum atomic E-state index is 12.9. The van der Waals surface area contributed by atoms with Gasteiger partial charge >= 0.3 is 0 Å². The minimum Gasteiger partial charge on any atom is -0.224 e. The molecule has 0 radical (unpaired) electrons. The summed E-state index contributed by atoms with van der Waals surface area (Å²) in [6, 6.07) is 23.8. The fourth-order valence-electron chi connectivity index (χ4n) is 3.36. The zero-order chi connectivity index (χ0) is 21.6. The number of benzene rings is 3. The van der Waals surface area contributed by atoms with Gasteiger partial charge in [-0.05, 0) is 47.7 Å². The Bertz CT molecular complexity index is 1110. The molecule has 6 heteroatoms. The fraction of sp³-hybridized carbons (Fsp3) is 0.167. The van der Waals surface area contributed by atoms with Gasteiger partial charge in [0.2, 0.25) is 0 Å². The topological polar surface area (TPSA) is 68.3 Å². The Labute approximate surface area is 178 Å². The minimum atomic E-state index is -3.63. The summed E-state index contributed by atoms with van der Waals surface area (Å²) >= 11 is 0. The van der Waals surface area contributed by atoms with E-state index in [4.69, 9.17) is 0 Å². The summed E-state index contributed by atoms with van der Waals surface area (Å²) in [4.78, 5) is 0.406. The van der Waals surface area contributed by atoms with Crippen molar-refractivity contribution in [1.29, 1.82) is 0 Å². The van der Waals surface area contributed by atoms with Gasteiger partial charge < -0.3 is 0 Å². The first-order valence-corrected chi connectivity index (χ1v) is 12.9. The first kappa shape index (κ1) is 22.0. The predicted molar refractivity (Wildman–Crippen MR) is 121 cm³/mol. The van der Waals surface area contributed by atoms with Crippen molar-refractivity contribution in [1.82, 2.24) is 0 Å². The maximum Gasteiger partial charge on any atom is 0.178 e. The molecule has 0 atom stereocenters. The molecule has 0 N–H and O–H groups in total. The van der Waals surface area contributed by atoms with Gasteiger partial charge in [-0.15, -0.1) is 0 Å². The fourth-order valence-corrected chi connectivity index (χ4v) is 6.75. The monoisotopic (exact) mass is 440 g/mol. The second kappa shape index (κ2) is 9.41. The van der Waals surface area contributed by atoms with Gasteiger partial charge in [0.05, 0.1) is 21.3 Å². The summed E-state index contributed by atoms with van der Waals surface area (Å²) in [6.45, 7) is 3.73. The Morgan fingerprint density at radius 3 is 1.50 bits per heavy atom. The first-order chi connectivity index (χ1) is 14.3. The molecule has 3 aromatic rings. The second-order valence-electron chi connectivity index (χ2n) is 7.20. The lowest BCUT2D eigenvalue weighted by molar-refractivity contribution is 0.555. The summed E-state index contributed by atoms with van der Waals surface area (Å²) < 4.78 is 51.8. The van der Waals surface area contributed by atoms with Crippen LogP contribution in [0.25, 0.3) is 6.08 Å². The molecule has 0 aliphatic carbocycles. The zero-order valence-electron chi connectivity index (χ0n) is 16.5. The molecule has 0 fully saturated rings. The van der Waals surface area contributed by atoms with Crippen LogP contribution >= 0.6 is 0 Å². The third-order valence-corrected chi connectivity index (χ3v) is 8.66. The highest BCUT2D eigenvalue weighted by molar-refractivity contribution is 7.92. The molecule has 0 amide bonds. The summed E-state index contributed by atoms with van der Waals surface area (Å²) in [5.74, 6) is -1.08. The number of hydrogen-bond acceptors (Lipinski definition) is 4. The van der Waals surface area contributed by atoms with Crippen LogP contribution in [0.1, 0.15) is 11.1 Å². The Morgan fingerprint density at radius 1 is 0.667 bits per heavy atom. The van der Waals surface area contributed by atoms with Crippen LogP contribution in [-0.2, 0) is 26.1 Å². The minimum absolute atomic E-state index is 0.203. The van der Waals surface area contributed by atoms with Gasteiger partial charge in [-0.3, -0.25) is 0 Å². The van der Waals surface area contributed by atoms with E-state index in [0.717, 1.165) is 11.1 Å².